The number of Topliss-reactive ketones (excluding diaryl/α,β-unsaturated/α-hetero) is 1. The van der Waals surface area contributed by atoms with Gasteiger partial charge in [0.05, 0.1) is 12.0 Å². The molecule has 0 aliphatic heterocycles. The Morgan fingerprint density at radius 1 is 1.28 bits per heavy atom. The highest BCUT2D eigenvalue weighted by molar-refractivity contribution is 7.09. The van der Waals surface area contributed by atoms with Gasteiger partial charge < -0.3 is 0 Å². The molecule has 2 aromatic rings. The van der Waals surface area contributed by atoms with Gasteiger partial charge in [0.1, 0.15) is 10.7 Å². The molecule has 0 bridgehead atoms. The third-order valence-corrected chi connectivity index (χ3v) is 2.95. The minimum Gasteiger partial charge on any atom is -0.292 e. The lowest BCUT2D eigenvalue weighted by molar-refractivity contribution is -0.137. The van der Waals surface area contributed by atoms with E-state index < -0.39 is 11.7 Å². The average molecular weight is 272 g/mol. The molecule has 0 N–H and O–H groups in total. The number of nitrogens with zero attached hydrogens (tertiary/aromatic N) is 2. The Balaban J connectivity index is 2.12. The van der Waals surface area contributed by atoms with E-state index in [4.69, 9.17) is 0 Å². The summed E-state index contributed by atoms with van der Waals surface area (Å²) in [4.78, 5) is 19.2. The molecule has 0 radical (unpaired) electrons. The maximum atomic E-state index is 12.3. The molecule has 94 valence electrons. The van der Waals surface area contributed by atoms with E-state index in [-0.39, 0.29) is 17.9 Å². The van der Waals surface area contributed by atoms with Gasteiger partial charge in [0.25, 0.3) is 0 Å². The van der Waals surface area contributed by atoms with E-state index in [2.05, 4.69) is 9.97 Å². The lowest BCUT2D eigenvalue weighted by atomic mass is 10.1. The van der Waals surface area contributed by atoms with Gasteiger partial charge in [-0.2, -0.15) is 13.2 Å². The van der Waals surface area contributed by atoms with E-state index in [1.165, 1.54) is 11.3 Å². The van der Waals surface area contributed by atoms with Gasteiger partial charge in [-0.15, -0.1) is 11.3 Å². The normalized spacial score (nSPS) is 11.5. The first-order valence-electron chi connectivity index (χ1n) is 4.91. The van der Waals surface area contributed by atoms with Crippen LogP contribution in [-0.2, 0) is 12.6 Å². The molecule has 0 amide bonds. The van der Waals surface area contributed by atoms with Crippen molar-refractivity contribution in [3.05, 3.63) is 46.2 Å². The van der Waals surface area contributed by atoms with Crippen molar-refractivity contribution in [1.82, 2.24) is 9.97 Å². The van der Waals surface area contributed by atoms with Gasteiger partial charge in [-0.05, 0) is 12.1 Å². The van der Waals surface area contributed by atoms with Gasteiger partial charge in [-0.1, -0.05) is 0 Å². The predicted molar refractivity (Wildman–Crippen MR) is 59.4 cm³/mol. The highest BCUT2D eigenvalue weighted by Gasteiger charge is 2.30. The molecule has 0 atom stereocenters. The van der Waals surface area contributed by atoms with E-state index in [0.29, 0.717) is 11.2 Å². The summed E-state index contributed by atoms with van der Waals surface area (Å²) in [5.74, 6) is -0.348. The second-order valence-electron chi connectivity index (χ2n) is 3.46. The molecule has 7 heteroatoms. The first kappa shape index (κ1) is 12.7. The number of aromatic nitrogens is 2. The van der Waals surface area contributed by atoms with Crippen LogP contribution < -0.4 is 0 Å². The Labute approximate surface area is 104 Å². The number of ketones is 1. The lowest BCUT2D eigenvalue weighted by Crippen LogP contribution is -2.09. The van der Waals surface area contributed by atoms with Crippen LogP contribution in [0.15, 0.2) is 29.9 Å². The van der Waals surface area contributed by atoms with Crippen LogP contribution in [0.5, 0.6) is 0 Å². The summed E-state index contributed by atoms with van der Waals surface area (Å²) in [7, 11) is 0. The summed E-state index contributed by atoms with van der Waals surface area (Å²) in [5.41, 5.74) is -0.855. The summed E-state index contributed by atoms with van der Waals surface area (Å²) in [6.07, 6.45) is -2.16. The Kier molecular flexibility index (Phi) is 3.42. The summed E-state index contributed by atoms with van der Waals surface area (Å²) < 4.78 is 36.9. The Morgan fingerprint density at radius 2 is 2.06 bits per heavy atom. The predicted octanol–water partition coefficient (Wildman–Crippen LogP) is 2.98. The molecule has 2 rings (SSSR count). The number of alkyl halides is 3. The molecule has 0 unspecified atom stereocenters. The maximum Gasteiger partial charge on any atom is 0.417 e. The minimum absolute atomic E-state index is 0.0122. The van der Waals surface area contributed by atoms with E-state index in [1.807, 2.05) is 0 Å². The van der Waals surface area contributed by atoms with Crippen molar-refractivity contribution in [1.29, 1.82) is 0 Å². The second kappa shape index (κ2) is 4.85. The van der Waals surface area contributed by atoms with Gasteiger partial charge in [-0.3, -0.25) is 9.78 Å². The van der Waals surface area contributed by atoms with Crippen molar-refractivity contribution in [3.8, 4) is 0 Å². The molecule has 2 aromatic heterocycles. The van der Waals surface area contributed by atoms with Crippen LogP contribution in [-0.4, -0.2) is 15.8 Å². The molecular formula is C11H7F3N2OS. The monoisotopic (exact) mass is 272 g/mol. The Morgan fingerprint density at radius 3 is 2.56 bits per heavy atom. The lowest BCUT2D eigenvalue weighted by Gasteiger charge is -2.05. The third-order valence-electron chi connectivity index (χ3n) is 2.17. The van der Waals surface area contributed by atoms with Crippen molar-refractivity contribution in [2.45, 2.75) is 12.6 Å². The molecule has 18 heavy (non-hydrogen) atoms. The quantitative estimate of drug-likeness (QED) is 0.807. The molecule has 3 nitrogen and oxygen atoms in total. The van der Waals surface area contributed by atoms with Gasteiger partial charge >= 0.3 is 6.18 Å². The first-order chi connectivity index (χ1) is 8.47. The fourth-order valence-corrected chi connectivity index (χ4v) is 1.91. The van der Waals surface area contributed by atoms with Gasteiger partial charge in [0.15, 0.2) is 5.78 Å². The Bertz CT molecular complexity index is 534. The van der Waals surface area contributed by atoms with Crippen LogP contribution in [0.1, 0.15) is 21.1 Å². The molecule has 2 heterocycles. The maximum absolute atomic E-state index is 12.3. The smallest absolute Gasteiger partial charge is 0.292 e. The summed E-state index contributed by atoms with van der Waals surface area (Å²) in [5, 5.41) is 2.34. The number of rotatable bonds is 3. The highest BCUT2D eigenvalue weighted by Crippen LogP contribution is 2.28. The number of hydrogen-bond acceptors (Lipinski definition) is 4. The summed E-state index contributed by atoms with van der Waals surface area (Å²) in [6, 6.07) is 1.93. The number of pyridine rings is 1. The molecule has 0 spiro atoms. The molecule has 0 aliphatic carbocycles. The number of carbonyl (C=O) groups is 1. The van der Waals surface area contributed by atoms with Crippen molar-refractivity contribution >= 4 is 17.1 Å². The van der Waals surface area contributed by atoms with E-state index in [0.717, 1.165) is 12.1 Å². The molecule has 0 fully saturated rings. The zero-order valence-corrected chi connectivity index (χ0v) is 9.76. The fourth-order valence-electron chi connectivity index (χ4n) is 1.29. The van der Waals surface area contributed by atoms with E-state index in [9.17, 15) is 18.0 Å². The van der Waals surface area contributed by atoms with Crippen LogP contribution in [0.25, 0.3) is 0 Å². The van der Waals surface area contributed by atoms with Crippen LogP contribution in [0.2, 0.25) is 0 Å². The largest absolute Gasteiger partial charge is 0.417 e. The van der Waals surface area contributed by atoms with Crippen molar-refractivity contribution < 1.29 is 18.0 Å². The van der Waals surface area contributed by atoms with Crippen LogP contribution in [0.4, 0.5) is 13.2 Å². The standard InChI is InChI=1S/C11H7F3N2OS/c12-11(13,14)7-1-2-8(16-6-7)9(17)5-10-15-3-4-18-10/h1-4,6H,5H2. The average Bonchev–Trinajstić information content (AvgIpc) is 2.81. The summed E-state index contributed by atoms with van der Waals surface area (Å²) in [6.45, 7) is 0. The van der Waals surface area contributed by atoms with Crippen molar-refractivity contribution in [2.24, 2.45) is 0 Å². The molecule has 0 aromatic carbocycles. The molecule has 0 saturated carbocycles. The minimum atomic E-state index is -4.44. The van der Waals surface area contributed by atoms with E-state index >= 15 is 0 Å². The van der Waals surface area contributed by atoms with Crippen LogP contribution in [0.3, 0.4) is 0 Å². The van der Waals surface area contributed by atoms with Gasteiger partial charge in [0, 0.05) is 17.8 Å². The molecule has 0 saturated heterocycles. The first-order valence-corrected chi connectivity index (χ1v) is 5.79. The molecule has 0 aliphatic rings. The second-order valence-corrected chi connectivity index (χ2v) is 4.43. The van der Waals surface area contributed by atoms with Crippen molar-refractivity contribution in [3.63, 3.8) is 0 Å². The Hall–Kier alpha value is -1.76. The van der Waals surface area contributed by atoms with Gasteiger partial charge in [-0.25, -0.2) is 4.98 Å². The van der Waals surface area contributed by atoms with Crippen LogP contribution >= 0.6 is 11.3 Å². The zero-order valence-electron chi connectivity index (χ0n) is 8.94. The summed E-state index contributed by atoms with van der Waals surface area (Å²) >= 11 is 1.31. The SMILES string of the molecule is O=C(Cc1nccs1)c1ccc(C(F)(F)F)cn1. The highest BCUT2D eigenvalue weighted by atomic mass is 32.1. The number of thiazole rings is 1. The topological polar surface area (TPSA) is 42.9 Å². The number of halogens is 3. The van der Waals surface area contributed by atoms with Crippen LogP contribution in [0, 0.1) is 0 Å². The van der Waals surface area contributed by atoms with E-state index in [1.54, 1.807) is 11.6 Å². The third kappa shape index (κ3) is 2.92. The number of hydrogen-bond donors (Lipinski definition) is 0. The van der Waals surface area contributed by atoms with Gasteiger partial charge in [0.2, 0.25) is 0 Å². The fraction of sp³-hybridized carbons (Fsp3) is 0.182. The zero-order chi connectivity index (χ0) is 13.2. The number of carbonyl (C=O) groups excluding carboxylic acids is 1. The van der Waals surface area contributed by atoms with Crippen molar-refractivity contribution in [2.75, 3.05) is 0 Å². The molecular weight excluding hydrogens is 265 g/mol.